The summed E-state index contributed by atoms with van der Waals surface area (Å²) in [6, 6.07) is 8.33. The molecule has 2 heterocycles. The average molecular weight is 527 g/mol. The Morgan fingerprint density at radius 1 is 1.30 bits per heavy atom. The van der Waals surface area contributed by atoms with Crippen molar-refractivity contribution in [3.05, 3.63) is 49.4 Å². The van der Waals surface area contributed by atoms with Gasteiger partial charge >= 0.3 is 0 Å². The van der Waals surface area contributed by atoms with E-state index in [4.69, 9.17) is 0 Å². The molecule has 1 aliphatic heterocycles. The third kappa shape index (κ3) is 7.52. The van der Waals surface area contributed by atoms with Crippen LogP contribution >= 0.6 is 11.3 Å². The molecule has 2 amide bonds. The van der Waals surface area contributed by atoms with Gasteiger partial charge in [-0.25, -0.2) is 0 Å². The lowest BCUT2D eigenvalue weighted by atomic mass is 10.2. The molecule has 198 valence electrons. The number of thiazole rings is 1. The van der Waals surface area contributed by atoms with Gasteiger partial charge in [-0.1, -0.05) is 6.07 Å². The Kier molecular flexibility index (Phi) is 10.4. The number of aromatic nitrogens is 1. The number of amides is 2. The maximum absolute atomic E-state index is 12.9. The molecule has 1 aromatic carbocycles. The largest absolute Gasteiger partial charge is 0.394 e. The summed E-state index contributed by atoms with van der Waals surface area (Å²) in [5, 5.41) is 27.3. The van der Waals surface area contributed by atoms with Crippen molar-refractivity contribution in [2.45, 2.75) is 45.7 Å². The summed E-state index contributed by atoms with van der Waals surface area (Å²) in [6.45, 7) is 7.25. The van der Waals surface area contributed by atoms with E-state index < -0.39 is 11.9 Å². The van der Waals surface area contributed by atoms with E-state index in [1.54, 1.807) is 38.1 Å². The molecular weight excluding hydrogens is 492 g/mol. The molecule has 3 rings (SSSR count). The molecule has 1 aliphatic rings. The Labute approximate surface area is 219 Å². The van der Waals surface area contributed by atoms with E-state index in [0.717, 1.165) is 37.4 Å². The van der Waals surface area contributed by atoms with E-state index in [9.17, 15) is 24.8 Å². The van der Waals surface area contributed by atoms with Gasteiger partial charge in [-0.2, -0.15) is 5.26 Å². The highest BCUT2D eigenvalue weighted by Crippen LogP contribution is 2.11. The molecule has 0 saturated carbocycles. The lowest BCUT2D eigenvalue weighted by molar-refractivity contribution is -0.116. The van der Waals surface area contributed by atoms with E-state index in [0.29, 0.717) is 22.3 Å². The van der Waals surface area contributed by atoms with E-state index in [1.807, 2.05) is 6.07 Å². The molecule has 1 aromatic heterocycles. The average Bonchev–Trinajstić information content (AvgIpc) is 3.53. The van der Waals surface area contributed by atoms with Gasteiger partial charge in [-0.05, 0) is 70.9 Å². The van der Waals surface area contributed by atoms with Crippen LogP contribution in [0, 0.1) is 11.3 Å². The lowest BCUT2D eigenvalue weighted by Crippen LogP contribution is -2.38. The quantitative estimate of drug-likeness (QED) is 0.306. The number of aliphatic hydroxyl groups excluding tert-OH is 1. The smallest absolute Gasteiger partial charge is 0.270 e. The molecule has 1 fully saturated rings. The van der Waals surface area contributed by atoms with E-state index in [1.165, 1.54) is 23.6 Å². The highest BCUT2D eigenvalue weighted by Gasteiger charge is 2.17. The standard InChI is InChI=1S/C26H34N6O4S/c1-3-32-25(36)22(37-26(32)21(15-27)24(35)30-18(2)17-33)16-29-20-9-6-8-19(14-20)23(34)28-10-7-13-31-11-4-5-12-31/h6,8-9,14,16,18,29,33H,3-5,7,10-13,17H2,1-2H3,(H,28,34)(H,30,35)/t18-/m0/s1. The molecule has 4 N–H and O–H groups in total. The van der Waals surface area contributed by atoms with E-state index in [-0.39, 0.29) is 34.9 Å². The van der Waals surface area contributed by atoms with Crippen molar-refractivity contribution < 1.29 is 14.7 Å². The van der Waals surface area contributed by atoms with Crippen LogP contribution < -0.4 is 30.7 Å². The number of likely N-dealkylation sites (tertiary alicyclic amines) is 1. The Hall–Kier alpha value is -3.46. The molecule has 2 aromatic rings. The topological polar surface area (TPSA) is 139 Å². The number of nitrogens with one attached hydrogen (secondary N) is 3. The Morgan fingerprint density at radius 2 is 2.05 bits per heavy atom. The molecule has 1 saturated heterocycles. The van der Waals surface area contributed by atoms with Gasteiger partial charge in [0.15, 0.2) is 5.57 Å². The SMILES string of the molecule is CCn1c(=C(C#N)C(=O)N[C@@H](C)CO)sc(=CNc2cccc(C(=O)NCCCN3CCCC3)c2)c1=O. The zero-order chi connectivity index (χ0) is 26.8. The molecule has 0 spiro atoms. The van der Waals surface area contributed by atoms with Crippen LogP contribution in [0.15, 0.2) is 29.1 Å². The van der Waals surface area contributed by atoms with Crippen molar-refractivity contribution in [1.82, 2.24) is 20.1 Å². The van der Waals surface area contributed by atoms with Gasteiger partial charge in [-0.3, -0.25) is 19.0 Å². The van der Waals surface area contributed by atoms with Crippen molar-refractivity contribution in [1.29, 1.82) is 5.26 Å². The second-order valence-electron chi connectivity index (χ2n) is 8.89. The number of nitriles is 1. The summed E-state index contributed by atoms with van der Waals surface area (Å²) >= 11 is 1.03. The maximum Gasteiger partial charge on any atom is 0.270 e. The zero-order valence-corrected chi connectivity index (χ0v) is 22.1. The fourth-order valence-electron chi connectivity index (χ4n) is 4.04. The first kappa shape index (κ1) is 28.1. The number of anilines is 1. The van der Waals surface area contributed by atoms with Gasteiger partial charge in [0.2, 0.25) is 0 Å². The fourth-order valence-corrected chi connectivity index (χ4v) is 5.13. The predicted octanol–water partition coefficient (Wildman–Crippen LogP) is 0.167. The van der Waals surface area contributed by atoms with Crippen LogP contribution in [0.3, 0.4) is 0 Å². The molecule has 0 unspecified atom stereocenters. The van der Waals surface area contributed by atoms with Crippen molar-refractivity contribution in [2.75, 3.05) is 38.1 Å². The highest BCUT2D eigenvalue weighted by atomic mass is 32.1. The lowest BCUT2D eigenvalue weighted by Gasteiger charge is -2.14. The number of aliphatic hydroxyl groups is 1. The van der Waals surface area contributed by atoms with E-state index in [2.05, 4.69) is 20.9 Å². The minimum absolute atomic E-state index is 0.159. The summed E-state index contributed by atoms with van der Waals surface area (Å²) in [7, 11) is 0. The predicted molar refractivity (Wildman–Crippen MR) is 144 cm³/mol. The number of nitrogens with zero attached hydrogens (tertiary/aromatic N) is 3. The molecule has 1 atom stereocenters. The molecule has 37 heavy (non-hydrogen) atoms. The van der Waals surface area contributed by atoms with Crippen LogP contribution in [0.5, 0.6) is 0 Å². The number of benzene rings is 1. The molecule has 11 heteroatoms. The fraction of sp³-hybridized carbons (Fsp3) is 0.462. The number of hydrogen-bond donors (Lipinski definition) is 4. The number of carbonyl (C=O) groups excluding carboxylic acids is 2. The van der Waals surface area contributed by atoms with Gasteiger partial charge in [0.05, 0.1) is 6.61 Å². The number of carbonyl (C=O) groups is 2. The first-order chi connectivity index (χ1) is 17.9. The monoisotopic (exact) mass is 526 g/mol. The van der Waals surface area contributed by atoms with Gasteiger partial charge < -0.3 is 26.0 Å². The van der Waals surface area contributed by atoms with Crippen molar-refractivity contribution in [3.63, 3.8) is 0 Å². The van der Waals surface area contributed by atoms with Crippen LogP contribution in [-0.4, -0.2) is 65.2 Å². The first-order valence-corrected chi connectivity index (χ1v) is 13.3. The first-order valence-electron chi connectivity index (χ1n) is 12.5. The molecule has 0 bridgehead atoms. The Balaban J connectivity index is 1.74. The summed E-state index contributed by atoms with van der Waals surface area (Å²) in [5.74, 6) is -0.806. The van der Waals surface area contributed by atoms with Gasteiger partial charge in [0.1, 0.15) is 15.3 Å². The second kappa shape index (κ2) is 13.7. The third-order valence-electron chi connectivity index (χ3n) is 6.06. The van der Waals surface area contributed by atoms with Gasteiger partial charge in [0.25, 0.3) is 17.4 Å². The second-order valence-corrected chi connectivity index (χ2v) is 9.92. The van der Waals surface area contributed by atoms with Gasteiger partial charge in [0, 0.05) is 36.6 Å². The van der Waals surface area contributed by atoms with Crippen molar-refractivity contribution in [3.8, 4) is 6.07 Å². The van der Waals surface area contributed by atoms with Crippen molar-refractivity contribution >= 4 is 40.6 Å². The molecule has 0 radical (unpaired) electrons. The zero-order valence-electron chi connectivity index (χ0n) is 21.2. The minimum Gasteiger partial charge on any atom is -0.394 e. The Bertz CT molecular complexity index is 1320. The maximum atomic E-state index is 12.9. The summed E-state index contributed by atoms with van der Waals surface area (Å²) in [5.41, 5.74) is 0.609. The van der Waals surface area contributed by atoms with Crippen LogP contribution in [0.4, 0.5) is 5.69 Å². The highest BCUT2D eigenvalue weighted by molar-refractivity contribution is 7.07. The van der Waals surface area contributed by atoms with Crippen molar-refractivity contribution in [2.24, 2.45) is 0 Å². The summed E-state index contributed by atoms with van der Waals surface area (Å²) in [6.07, 6.45) is 4.91. The number of hydrogen-bond acceptors (Lipinski definition) is 8. The van der Waals surface area contributed by atoms with Crippen LogP contribution in [0.2, 0.25) is 0 Å². The summed E-state index contributed by atoms with van der Waals surface area (Å²) < 4.78 is 1.92. The molecular formula is C26H34N6O4S. The van der Waals surface area contributed by atoms with Crippen LogP contribution in [-0.2, 0) is 11.3 Å². The molecule has 0 aliphatic carbocycles. The van der Waals surface area contributed by atoms with Gasteiger partial charge in [-0.15, -0.1) is 11.3 Å². The third-order valence-corrected chi connectivity index (χ3v) is 7.19. The minimum atomic E-state index is -0.647. The normalized spacial score (nSPS) is 15.7. The summed E-state index contributed by atoms with van der Waals surface area (Å²) in [4.78, 5) is 40.4. The Morgan fingerprint density at radius 3 is 2.73 bits per heavy atom. The van der Waals surface area contributed by atoms with E-state index >= 15 is 0 Å². The van der Waals surface area contributed by atoms with Crippen LogP contribution in [0.1, 0.15) is 43.5 Å². The number of rotatable bonds is 11. The molecule has 10 nitrogen and oxygen atoms in total. The van der Waals surface area contributed by atoms with Crippen LogP contribution in [0.25, 0.3) is 11.8 Å².